The zero-order chi connectivity index (χ0) is 21.8. The van der Waals surface area contributed by atoms with Gasteiger partial charge in [0.25, 0.3) is 5.89 Å². The molecule has 0 atom stereocenters. The summed E-state index contributed by atoms with van der Waals surface area (Å²) >= 11 is 2.81. The van der Waals surface area contributed by atoms with Gasteiger partial charge in [-0.3, -0.25) is 10.1 Å². The average Bonchev–Trinajstić information content (AvgIpc) is 3.52. The number of hydrogen-bond donors (Lipinski definition) is 1. The molecule has 10 heteroatoms. The van der Waals surface area contributed by atoms with E-state index in [1.807, 2.05) is 30.5 Å². The molecule has 0 bridgehead atoms. The zero-order valence-electron chi connectivity index (χ0n) is 16.9. The smallest absolute Gasteiger partial charge is 0.270 e. The Labute approximate surface area is 186 Å². The minimum absolute atomic E-state index is 0.306. The lowest BCUT2D eigenvalue weighted by atomic mass is 10.2. The number of methoxy groups -OCH3 is 2. The van der Waals surface area contributed by atoms with Crippen molar-refractivity contribution in [1.29, 1.82) is 0 Å². The van der Waals surface area contributed by atoms with Crippen molar-refractivity contribution in [1.82, 2.24) is 15.1 Å². The number of benzene rings is 1. The van der Waals surface area contributed by atoms with Gasteiger partial charge in [-0.1, -0.05) is 28.6 Å². The lowest BCUT2D eigenvalue weighted by Crippen LogP contribution is -2.07. The first-order valence-corrected chi connectivity index (χ1v) is 10.8. The first-order chi connectivity index (χ1) is 15.1. The number of ether oxygens (including phenoxy) is 2. The van der Waals surface area contributed by atoms with Gasteiger partial charge in [-0.2, -0.15) is 4.98 Å². The lowest BCUT2D eigenvalue weighted by Gasteiger charge is -2.07. The molecule has 0 unspecified atom stereocenters. The molecule has 3 heterocycles. The van der Waals surface area contributed by atoms with E-state index in [9.17, 15) is 4.79 Å². The minimum atomic E-state index is -0.306. The number of nitrogens with zero attached hydrogens (tertiary/aromatic N) is 3. The van der Waals surface area contributed by atoms with Crippen LogP contribution in [0.25, 0.3) is 27.5 Å². The van der Waals surface area contributed by atoms with E-state index in [0.717, 1.165) is 15.3 Å². The summed E-state index contributed by atoms with van der Waals surface area (Å²) in [5, 5.41) is 9.19. The maximum Gasteiger partial charge on any atom is 0.270 e. The Bertz CT molecular complexity index is 1230. The van der Waals surface area contributed by atoms with E-state index < -0.39 is 0 Å². The van der Waals surface area contributed by atoms with Gasteiger partial charge in [0.05, 0.1) is 24.8 Å². The van der Waals surface area contributed by atoms with Crippen molar-refractivity contribution in [2.45, 2.75) is 6.92 Å². The molecule has 0 radical (unpaired) electrons. The fourth-order valence-electron chi connectivity index (χ4n) is 2.75. The Balaban J connectivity index is 1.46. The second-order valence-corrected chi connectivity index (χ2v) is 8.22. The maximum atomic E-state index is 12.3. The Hall–Kier alpha value is -3.50. The first kappa shape index (κ1) is 20.8. The van der Waals surface area contributed by atoms with Crippen LogP contribution in [0, 0.1) is 6.92 Å². The number of rotatable bonds is 7. The molecule has 0 aliphatic carbocycles. The number of carbonyl (C=O) groups is 1. The average molecular weight is 455 g/mol. The monoisotopic (exact) mass is 454 g/mol. The van der Waals surface area contributed by atoms with E-state index in [1.54, 1.807) is 32.4 Å². The predicted octanol–water partition coefficient (Wildman–Crippen LogP) is 4.90. The van der Waals surface area contributed by atoms with Crippen molar-refractivity contribution < 1.29 is 18.8 Å². The Morgan fingerprint density at radius 2 is 2.00 bits per heavy atom. The zero-order valence-corrected chi connectivity index (χ0v) is 18.5. The Morgan fingerprint density at radius 3 is 2.74 bits per heavy atom. The standard InChI is InChI=1S/C21H18N4O4S2/c1-12-18(20-24-19(25-29-20)16-5-4-10-30-16)31-21(22-12)23-17(26)9-7-13-6-8-14(27-2)15(11-13)28-3/h4-11H,1-3H3,(H,22,23,26). The molecule has 0 aliphatic heterocycles. The van der Waals surface area contributed by atoms with Gasteiger partial charge in [0.2, 0.25) is 11.7 Å². The van der Waals surface area contributed by atoms with Gasteiger partial charge in [0, 0.05) is 6.08 Å². The van der Waals surface area contributed by atoms with Crippen LogP contribution in [-0.2, 0) is 4.79 Å². The van der Waals surface area contributed by atoms with Crippen LogP contribution >= 0.6 is 22.7 Å². The third kappa shape index (κ3) is 4.65. The highest BCUT2D eigenvalue weighted by Gasteiger charge is 2.18. The number of hydrogen-bond acceptors (Lipinski definition) is 9. The third-order valence-electron chi connectivity index (χ3n) is 4.22. The van der Waals surface area contributed by atoms with Gasteiger partial charge in [-0.25, -0.2) is 4.98 Å². The maximum absolute atomic E-state index is 12.3. The molecular formula is C21H18N4O4S2. The molecule has 0 fully saturated rings. The number of amides is 1. The molecule has 158 valence electrons. The quantitative estimate of drug-likeness (QED) is 0.397. The first-order valence-electron chi connectivity index (χ1n) is 9.14. The Kier molecular flexibility index (Phi) is 6.10. The summed E-state index contributed by atoms with van der Waals surface area (Å²) in [6, 6.07) is 9.25. The van der Waals surface area contributed by atoms with Gasteiger partial charge in [0.1, 0.15) is 4.88 Å². The van der Waals surface area contributed by atoms with Crippen LogP contribution in [0.2, 0.25) is 0 Å². The number of aryl methyl sites for hydroxylation is 1. The molecule has 1 amide bonds. The van der Waals surface area contributed by atoms with Crippen molar-refractivity contribution in [2.24, 2.45) is 0 Å². The summed E-state index contributed by atoms with van der Waals surface area (Å²) in [5.74, 6) is 1.81. The van der Waals surface area contributed by atoms with E-state index in [-0.39, 0.29) is 5.91 Å². The van der Waals surface area contributed by atoms with Gasteiger partial charge in [-0.05, 0) is 42.1 Å². The van der Waals surface area contributed by atoms with Crippen molar-refractivity contribution in [3.63, 3.8) is 0 Å². The highest BCUT2D eigenvalue weighted by atomic mass is 32.1. The molecule has 4 aromatic rings. The van der Waals surface area contributed by atoms with Crippen LogP contribution in [0.3, 0.4) is 0 Å². The fraction of sp³-hybridized carbons (Fsp3) is 0.143. The topological polar surface area (TPSA) is 99.4 Å². The van der Waals surface area contributed by atoms with Crippen molar-refractivity contribution in [3.05, 3.63) is 53.0 Å². The number of thiazole rings is 1. The van der Waals surface area contributed by atoms with Gasteiger partial charge in [-0.15, -0.1) is 11.3 Å². The molecule has 1 aromatic carbocycles. The largest absolute Gasteiger partial charge is 0.493 e. The molecule has 31 heavy (non-hydrogen) atoms. The molecule has 0 aliphatic rings. The second-order valence-electron chi connectivity index (χ2n) is 6.27. The highest BCUT2D eigenvalue weighted by molar-refractivity contribution is 7.19. The van der Waals surface area contributed by atoms with E-state index >= 15 is 0 Å². The van der Waals surface area contributed by atoms with Crippen LogP contribution in [0.4, 0.5) is 5.13 Å². The molecule has 0 spiro atoms. The molecule has 3 aromatic heterocycles. The van der Waals surface area contributed by atoms with Crippen molar-refractivity contribution in [2.75, 3.05) is 19.5 Å². The number of nitrogens with one attached hydrogen (secondary N) is 1. The SMILES string of the molecule is COc1ccc(C=CC(=O)Nc2nc(C)c(-c3nc(-c4cccs4)no3)s2)cc1OC. The molecule has 0 saturated heterocycles. The molecular weight excluding hydrogens is 436 g/mol. The lowest BCUT2D eigenvalue weighted by molar-refractivity contribution is -0.111. The summed E-state index contributed by atoms with van der Waals surface area (Å²) in [6.45, 7) is 1.83. The van der Waals surface area contributed by atoms with Crippen LogP contribution in [0.15, 0.2) is 46.3 Å². The van der Waals surface area contributed by atoms with Crippen LogP contribution in [0.1, 0.15) is 11.3 Å². The fourth-order valence-corrected chi connectivity index (χ4v) is 4.29. The van der Waals surface area contributed by atoms with Crippen LogP contribution in [-0.4, -0.2) is 35.3 Å². The van der Waals surface area contributed by atoms with E-state index in [0.29, 0.717) is 34.0 Å². The van der Waals surface area contributed by atoms with Crippen LogP contribution < -0.4 is 14.8 Å². The number of thiophene rings is 1. The van der Waals surface area contributed by atoms with Gasteiger partial charge < -0.3 is 14.0 Å². The molecule has 0 saturated carbocycles. The number of aromatic nitrogens is 3. The normalized spacial score (nSPS) is 11.1. The van der Waals surface area contributed by atoms with E-state index in [1.165, 1.54) is 28.7 Å². The summed E-state index contributed by atoms with van der Waals surface area (Å²) in [7, 11) is 3.13. The van der Waals surface area contributed by atoms with Gasteiger partial charge in [0.15, 0.2) is 16.6 Å². The predicted molar refractivity (Wildman–Crippen MR) is 121 cm³/mol. The Morgan fingerprint density at radius 1 is 1.16 bits per heavy atom. The van der Waals surface area contributed by atoms with Gasteiger partial charge >= 0.3 is 0 Å². The molecule has 8 nitrogen and oxygen atoms in total. The minimum Gasteiger partial charge on any atom is -0.493 e. The van der Waals surface area contributed by atoms with Crippen LogP contribution in [0.5, 0.6) is 11.5 Å². The summed E-state index contributed by atoms with van der Waals surface area (Å²) in [5.41, 5.74) is 1.50. The second kappa shape index (κ2) is 9.11. The van der Waals surface area contributed by atoms with E-state index in [2.05, 4.69) is 20.4 Å². The van der Waals surface area contributed by atoms with Crippen molar-refractivity contribution in [3.8, 4) is 33.0 Å². The molecule has 1 N–H and O–H groups in total. The summed E-state index contributed by atoms with van der Waals surface area (Å²) in [4.78, 5) is 22.8. The highest BCUT2D eigenvalue weighted by Crippen LogP contribution is 2.33. The van der Waals surface area contributed by atoms with Crippen molar-refractivity contribution >= 4 is 39.8 Å². The molecule has 4 rings (SSSR count). The number of carbonyl (C=O) groups excluding carboxylic acids is 1. The van der Waals surface area contributed by atoms with E-state index in [4.69, 9.17) is 14.0 Å². The third-order valence-corrected chi connectivity index (χ3v) is 6.15. The summed E-state index contributed by atoms with van der Waals surface area (Å²) in [6.07, 6.45) is 3.11. The number of anilines is 1. The summed E-state index contributed by atoms with van der Waals surface area (Å²) < 4.78 is 15.9.